The Morgan fingerprint density at radius 3 is 1.28 bits per heavy atom. The summed E-state index contributed by atoms with van der Waals surface area (Å²) in [5.74, 6) is 0. The zero-order valence-electron chi connectivity index (χ0n) is 20.0. The number of fused-ring (bicyclic) bond motifs is 2. The molecule has 4 rings (SSSR count). The Morgan fingerprint density at radius 1 is 0.625 bits per heavy atom. The molecule has 0 atom stereocenters. The molecule has 4 heteroatoms. The van der Waals surface area contributed by atoms with Crippen LogP contribution in [0.3, 0.4) is 0 Å². The van der Waals surface area contributed by atoms with Crippen molar-refractivity contribution in [2.24, 2.45) is 0 Å². The predicted molar refractivity (Wildman–Crippen MR) is 135 cm³/mol. The fourth-order valence-corrected chi connectivity index (χ4v) is 4.16. The van der Waals surface area contributed by atoms with Crippen molar-refractivity contribution in [1.82, 2.24) is 0 Å². The molecule has 0 saturated carbocycles. The Labute approximate surface area is 230 Å². The average Bonchev–Trinajstić information content (AvgIpc) is 3.33. The van der Waals surface area contributed by atoms with Gasteiger partial charge in [-0.1, -0.05) is 64.8 Å². The van der Waals surface area contributed by atoms with Crippen LogP contribution >= 0.6 is 0 Å². The van der Waals surface area contributed by atoms with Gasteiger partial charge in [0.2, 0.25) is 0 Å². The van der Waals surface area contributed by atoms with Crippen molar-refractivity contribution in [1.29, 1.82) is 0 Å². The first-order chi connectivity index (χ1) is 14.2. The average molecular weight is 564 g/mol. The zero-order chi connectivity index (χ0) is 20.9. The first-order valence-corrected chi connectivity index (χ1v) is 12.9. The Balaban J connectivity index is 0. The molecule has 0 spiro atoms. The van der Waals surface area contributed by atoms with E-state index in [2.05, 4.69) is 100 Å². The van der Waals surface area contributed by atoms with E-state index in [0.717, 1.165) is 9.52 Å². The summed E-state index contributed by atoms with van der Waals surface area (Å²) in [7, 11) is 0.815. The molecule has 4 aromatic carbocycles. The summed E-state index contributed by atoms with van der Waals surface area (Å²) in [6, 6.07) is 29.1. The standard InChI is InChI=1S/2C12H13.C4H11Si.2ClH.Zr/c2*1-2-5-10-8-11-6-3-4-7-12(11)9-10;1-3-5-4-2;;;/h2*3-4,6-9H,2,5H2,1H3;5H,3-4H2,1-2H3;2*1H;/q2*-1;;;;+4/p-2. The third kappa shape index (κ3) is 11.5. The van der Waals surface area contributed by atoms with Crippen LogP contribution in [0, 0.1) is 0 Å². The van der Waals surface area contributed by atoms with Crippen LogP contribution in [0.5, 0.6) is 0 Å². The summed E-state index contributed by atoms with van der Waals surface area (Å²) in [6.45, 7) is 8.94. The van der Waals surface area contributed by atoms with Gasteiger partial charge in [-0.2, -0.15) is 12.1 Å². The maximum absolute atomic E-state index is 2.29. The van der Waals surface area contributed by atoms with Gasteiger partial charge in [0, 0.05) is 9.52 Å². The monoisotopic (exact) mass is 561 g/mol. The van der Waals surface area contributed by atoms with E-state index in [-0.39, 0.29) is 51.0 Å². The molecule has 0 bridgehead atoms. The van der Waals surface area contributed by atoms with Crippen LogP contribution in [-0.4, -0.2) is 9.52 Å². The van der Waals surface area contributed by atoms with Crippen LogP contribution < -0.4 is 24.8 Å². The molecule has 0 N–H and O–H groups in total. The molecule has 0 nitrogen and oxygen atoms in total. The van der Waals surface area contributed by atoms with Crippen LogP contribution in [0.25, 0.3) is 21.5 Å². The number of aryl methyl sites for hydroxylation is 2. The first kappa shape index (κ1) is 33.5. The molecule has 0 unspecified atom stereocenters. The maximum atomic E-state index is 2.29. The minimum Gasteiger partial charge on any atom is -1.00 e. The fourth-order valence-electron chi connectivity index (χ4n) is 3.58. The molecule has 0 aromatic heterocycles. The summed E-state index contributed by atoms with van der Waals surface area (Å²) in [5.41, 5.74) is 2.94. The quantitative estimate of drug-likeness (QED) is 0.250. The maximum Gasteiger partial charge on any atom is 4.00 e. The van der Waals surface area contributed by atoms with E-state index in [9.17, 15) is 0 Å². The summed E-state index contributed by atoms with van der Waals surface area (Å²) >= 11 is 0. The van der Waals surface area contributed by atoms with Gasteiger partial charge < -0.3 is 24.8 Å². The van der Waals surface area contributed by atoms with Crippen molar-refractivity contribution in [3.63, 3.8) is 0 Å². The van der Waals surface area contributed by atoms with Crippen LogP contribution in [0.4, 0.5) is 0 Å². The van der Waals surface area contributed by atoms with Crippen LogP contribution in [-0.2, 0) is 39.0 Å². The fraction of sp³-hybridized carbons (Fsp3) is 0.357. The van der Waals surface area contributed by atoms with E-state index in [0.29, 0.717) is 0 Å². The molecule has 0 saturated heterocycles. The second kappa shape index (κ2) is 19.8. The Hall–Kier alpha value is -0.660. The van der Waals surface area contributed by atoms with Crippen LogP contribution in [0.2, 0.25) is 12.1 Å². The SMILES string of the molecule is CCCc1cc2ccccc2[cH-]1.CCCc1cc2ccccc2[cH-]1.CC[SiH]CC.[Cl-].[Cl-].[Zr+4]. The Bertz CT molecular complexity index is 814. The van der Waals surface area contributed by atoms with E-state index < -0.39 is 0 Å². The molecule has 1 radical (unpaired) electrons. The largest absolute Gasteiger partial charge is 4.00 e. The molecule has 32 heavy (non-hydrogen) atoms. The second-order valence-electron chi connectivity index (χ2n) is 7.59. The summed E-state index contributed by atoms with van der Waals surface area (Å²) in [6.07, 6.45) is 4.87. The van der Waals surface area contributed by atoms with Gasteiger partial charge >= 0.3 is 26.2 Å². The summed E-state index contributed by atoms with van der Waals surface area (Å²) in [4.78, 5) is 0. The molecular formula is C28H37Cl2SiZr. The molecular weight excluding hydrogens is 527 g/mol. The summed E-state index contributed by atoms with van der Waals surface area (Å²) in [5, 5.41) is 5.50. The molecule has 0 aliphatic carbocycles. The number of hydrogen-bond donors (Lipinski definition) is 0. The molecule has 0 fully saturated rings. The Kier molecular flexibility index (Phi) is 20.7. The van der Waals surface area contributed by atoms with Gasteiger partial charge in [-0.05, 0) is 12.8 Å². The molecule has 0 amide bonds. The molecule has 171 valence electrons. The van der Waals surface area contributed by atoms with Crippen LogP contribution in [0.15, 0.2) is 72.8 Å². The van der Waals surface area contributed by atoms with Gasteiger partial charge in [-0.15, -0.1) is 81.2 Å². The first-order valence-electron chi connectivity index (χ1n) is 11.3. The van der Waals surface area contributed by atoms with Crippen molar-refractivity contribution < 1.29 is 51.0 Å². The number of benzene rings is 2. The Morgan fingerprint density at radius 2 is 1.00 bits per heavy atom. The van der Waals surface area contributed by atoms with E-state index >= 15 is 0 Å². The predicted octanol–water partition coefficient (Wildman–Crippen LogP) is 2.33. The minimum absolute atomic E-state index is 0. The van der Waals surface area contributed by atoms with Crippen molar-refractivity contribution in [3.05, 3.63) is 83.9 Å². The van der Waals surface area contributed by atoms with Gasteiger partial charge in [-0.25, -0.2) is 0 Å². The normalized spacial score (nSPS) is 9.38. The van der Waals surface area contributed by atoms with E-state index in [1.54, 1.807) is 0 Å². The topological polar surface area (TPSA) is 0 Å². The van der Waals surface area contributed by atoms with Crippen LogP contribution in [0.1, 0.15) is 51.7 Å². The van der Waals surface area contributed by atoms with E-state index in [4.69, 9.17) is 0 Å². The molecule has 4 aromatic rings. The van der Waals surface area contributed by atoms with Gasteiger partial charge in [0.1, 0.15) is 0 Å². The molecule has 0 heterocycles. The smallest absolute Gasteiger partial charge is 1.00 e. The van der Waals surface area contributed by atoms with Gasteiger partial charge in [0.15, 0.2) is 0 Å². The number of halogens is 2. The van der Waals surface area contributed by atoms with Gasteiger partial charge in [0.05, 0.1) is 0 Å². The van der Waals surface area contributed by atoms with Crippen molar-refractivity contribution >= 4 is 31.1 Å². The van der Waals surface area contributed by atoms with Gasteiger partial charge in [-0.3, -0.25) is 0 Å². The third-order valence-corrected chi connectivity index (χ3v) is 6.17. The number of rotatable bonds is 6. The molecule has 0 aliphatic heterocycles. The van der Waals surface area contributed by atoms with E-state index in [1.165, 1.54) is 70.4 Å². The van der Waals surface area contributed by atoms with Gasteiger partial charge in [0.25, 0.3) is 0 Å². The second-order valence-corrected chi connectivity index (χ2v) is 9.80. The van der Waals surface area contributed by atoms with E-state index in [1.807, 2.05) is 0 Å². The number of hydrogen-bond acceptors (Lipinski definition) is 0. The summed E-state index contributed by atoms with van der Waals surface area (Å²) < 4.78 is 0. The molecule has 0 aliphatic rings. The third-order valence-electron chi connectivity index (χ3n) is 5.01. The van der Waals surface area contributed by atoms with Crippen molar-refractivity contribution in [2.45, 2.75) is 65.5 Å². The van der Waals surface area contributed by atoms with Crippen molar-refractivity contribution in [3.8, 4) is 0 Å². The minimum atomic E-state index is 0. The van der Waals surface area contributed by atoms with Crippen molar-refractivity contribution in [2.75, 3.05) is 0 Å². The zero-order valence-corrected chi connectivity index (χ0v) is 25.1.